The minimum atomic E-state index is -0.828. The lowest BCUT2D eigenvalue weighted by atomic mass is 9.86. The van der Waals surface area contributed by atoms with E-state index in [1.807, 2.05) is 6.92 Å². The number of amides is 1. The second-order valence-corrected chi connectivity index (χ2v) is 7.12. The van der Waals surface area contributed by atoms with Gasteiger partial charge in [0, 0.05) is 44.0 Å². The maximum absolute atomic E-state index is 14.3. The first-order valence-corrected chi connectivity index (χ1v) is 8.63. The third kappa shape index (κ3) is 3.65. The summed E-state index contributed by atoms with van der Waals surface area (Å²) in [5.41, 5.74) is 0.320. The number of halogens is 2. The molecule has 3 heterocycles. The van der Waals surface area contributed by atoms with E-state index >= 15 is 0 Å². The van der Waals surface area contributed by atoms with Crippen LogP contribution in [0.15, 0.2) is 24.7 Å². The number of nitrogens with one attached hydrogen (secondary N) is 1. The second kappa shape index (κ2) is 7.02. The maximum atomic E-state index is 14.3. The molecule has 8 heteroatoms. The number of nitrogens with zero attached hydrogens (tertiary/aromatic N) is 4. The van der Waals surface area contributed by atoms with Crippen LogP contribution >= 0.6 is 0 Å². The van der Waals surface area contributed by atoms with Crippen LogP contribution in [0.2, 0.25) is 0 Å². The van der Waals surface area contributed by atoms with Crippen molar-refractivity contribution in [1.29, 1.82) is 0 Å². The molecule has 0 fully saturated rings. The zero-order valence-electron chi connectivity index (χ0n) is 15.7. The van der Waals surface area contributed by atoms with Gasteiger partial charge >= 0.3 is 0 Å². The summed E-state index contributed by atoms with van der Waals surface area (Å²) in [6.45, 7) is 5.95. The van der Waals surface area contributed by atoms with Gasteiger partial charge in [-0.25, -0.2) is 23.7 Å². The molecule has 6 nitrogen and oxygen atoms in total. The van der Waals surface area contributed by atoms with Crippen LogP contribution in [0, 0.1) is 17.0 Å². The summed E-state index contributed by atoms with van der Waals surface area (Å²) in [5.74, 6) is -0.914. The van der Waals surface area contributed by atoms with Gasteiger partial charge in [-0.15, -0.1) is 0 Å². The van der Waals surface area contributed by atoms with Crippen molar-refractivity contribution in [2.45, 2.75) is 27.2 Å². The highest BCUT2D eigenvalue weighted by Gasteiger charge is 2.32. The third-order valence-corrected chi connectivity index (χ3v) is 4.56. The van der Waals surface area contributed by atoms with Crippen molar-refractivity contribution in [3.63, 3.8) is 0 Å². The molecule has 0 radical (unpaired) electrons. The largest absolute Gasteiger partial charge is 0.346 e. The number of pyridine rings is 1. The van der Waals surface area contributed by atoms with Crippen LogP contribution < -0.4 is 0 Å². The SMILES string of the molecule is CCN(C)C(=O)C(C)(C)Cc1nc(-c2c[nH]c3ncc(F)cc23)ncc1F.[HH]. The highest BCUT2D eigenvalue weighted by molar-refractivity contribution is 5.91. The fourth-order valence-electron chi connectivity index (χ4n) is 2.97. The second-order valence-electron chi connectivity index (χ2n) is 7.12. The van der Waals surface area contributed by atoms with E-state index in [0.29, 0.717) is 23.1 Å². The normalized spacial score (nSPS) is 11.8. The molecule has 0 spiro atoms. The lowest BCUT2D eigenvalue weighted by Crippen LogP contribution is -2.40. The lowest BCUT2D eigenvalue weighted by Gasteiger charge is -2.28. The minimum Gasteiger partial charge on any atom is -0.346 e. The Balaban J connectivity index is 0.00000280. The van der Waals surface area contributed by atoms with Crippen molar-refractivity contribution in [2.75, 3.05) is 13.6 Å². The Morgan fingerprint density at radius 1 is 1.30 bits per heavy atom. The van der Waals surface area contributed by atoms with E-state index in [1.54, 1.807) is 32.0 Å². The van der Waals surface area contributed by atoms with Gasteiger partial charge in [0.2, 0.25) is 5.91 Å². The topological polar surface area (TPSA) is 74.8 Å². The van der Waals surface area contributed by atoms with E-state index in [-0.39, 0.29) is 25.3 Å². The summed E-state index contributed by atoms with van der Waals surface area (Å²) in [5, 5.41) is 0.508. The molecule has 3 aromatic rings. The monoisotopic (exact) mass is 375 g/mol. The van der Waals surface area contributed by atoms with Crippen molar-refractivity contribution in [1.82, 2.24) is 24.8 Å². The molecular weight excluding hydrogens is 352 g/mol. The summed E-state index contributed by atoms with van der Waals surface area (Å²) in [7, 11) is 1.71. The van der Waals surface area contributed by atoms with Gasteiger partial charge < -0.3 is 9.88 Å². The van der Waals surface area contributed by atoms with Crippen LogP contribution in [0.25, 0.3) is 22.4 Å². The predicted molar refractivity (Wildman–Crippen MR) is 99.9 cm³/mol. The van der Waals surface area contributed by atoms with Crippen molar-refractivity contribution in [2.24, 2.45) is 5.41 Å². The van der Waals surface area contributed by atoms with Gasteiger partial charge in [0.1, 0.15) is 11.5 Å². The molecular formula is C19H23F2N5O. The first kappa shape index (κ1) is 18.9. The molecule has 27 heavy (non-hydrogen) atoms. The van der Waals surface area contributed by atoms with Gasteiger partial charge in [0.05, 0.1) is 18.1 Å². The highest BCUT2D eigenvalue weighted by Crippen LogP contribution is 2.28. The Morgan fingerprint density at radius 3 is 2.74 bits per heavy atom. The Morgan fingerprint density at radius 2 is 2.04 bits per heavy atom. The number of carbonyl (C=O) groups excluding carboxylic acids is 1. The molecule has 0 unspecified atom stereocenters. The molecule has 0 aliphatic rings. The van der Waals surface area contributed by atoms with Crippen LogP contribution in [0.4, 0.5) is 8.78 Å². The number of rotatable bonds is 5. The van der Waals surface area contributed by atoms with Gasteiger partial charge in [-0.05, 0) is 13.0 Å². The molecule has 0 saturated heterocycles. The Kier molecular flexibility index (Phi) is 4.91. The number of aromatic amines is 1. The fourth-order valence-corrected chi connectivity index (χ4v) is 2.97. The smallest absolute Gasteiger partial charge is 0.228 e. The quantitative estimate of drug-likeness (QED) is 0.739. The summed E-state index contributed by atoms with van der Waals surface area (Å²) in [6.07, 6.45) is 3.91. The van der Waals surface area contributed by atoms with Gasteiger partial charge in [0.15, 0.2) is 11.6 Å². The Labute approximate surface area is 157 Å². The average molecular weight is 375 g/mol. The molecule has 3 aromatic heterocycles. The summed E-state index contributed by atoms with van der Waals surface area (Å²) in [6, 6.07) is 1.32. The first-order chi connectivity index (χ1) is 12.7. The van der Waals surface area contributed by atoms with E-state index < -0.39 is 17.0 Å². The number of fused-ring (bicyclic) bond motifs is 1. The van der Waals surface area contributed by atoms with Crippen LogP contribution in [-0.2, 0) is 11.2 Å². The van der Waals surface area contributed by atoms with Crippen molar-refractivity contribution < 1.29 is 15.0 Å². The lowest BCUT2D eigenvalue weighted by molar-refractivity contribution is -0.138. The van der Waals surface area contributed by atoms with Crippen LogP contribution in [0.3, 0.4) is 0 Å². The van der Waals surface area contributed by atoms with E-state index in [9.17, 15) is 13.6 Å². The van der Waals surface area contributed by atoms with E-state index in [2.05, 4.69) is 19.9 Å². The molecule has 0 aliphatic carbocycles. The highest BCUT2D eigenvalue weighted by atomic mass is 19.1. The van der Waals surface area contributed by atoms with Crippen LogP contribution in [0.5, 0.6) is 0 Å². The molecule has 1 amide bonds. The molecule has 144 valence electrons. The number of hydrogen-bond acceptors (Lipinski definition) is 4. The van der Waals surface area contributed by atoms with Crippen LogP contribution in [0.1, 0.15) is 27.9 Å². The number of aromatic nitrogens is 4. The van der Waals surface area contributed by atoms with E-state index in [4.69, 9.17) is 0 Å². The molecule has 0 atom stereocenters. The maximum Gasteiger partial charge on any atom is 0.228 e. The summed E-state index contributed by atoms with van der Waals surface area (Å²) < 4.78 is 27.9. The molecule has 0 aliphatic heterocycles. The molecule has 0 saturated carbocycles. The zero-order chi connectivity index (χ0) is 19.8. The van der Waals surface area contributed by atoms with Crippen molar-refractivity contribution in [3.8, 4) is 11.4 Å². The van der Waals surface area contributed by atoms with E-state index in [1.165, 1.54) is 6.07 Å². The molecule has 0 bridgehead atoms. The summed E-state index contributed by atoms with van der Waals surface area (Å²) >= 11 is 0. The zero-order valence-corrected chi connectivity index (χ0v) is 15.7. The fraction of sp³-hybridized carbons (Fsp3) is 0.368. The van der Waals surface area contributed by atoms with Gasteiger partial charge in [0.25, 0.3) is 0 Å². The minimum absolute atomic E-state index is 0. The summed E-state index contributed by atoms with van der Waals surface area (Å²) in [4.78, 5) is 29.4. The van der Waals surface area contributed by atoms with Crippen molar-refractivity contribution >= 4 is 16.9 Å². The van der Waals surface area contributed by atoms with E-state index in [0.717, 1.165) is 12.4 Å². The Bertz CT molecular complexity index is 1010. The molecule has 0 aromatic carbocycles. The number of H-pyrrole nitrogens is 1. The van der Waals surface area contributed by atoms with Gasteiger partial charge in [-0.2, -0.15) is 0 Å². The van der Waals surface area contributed by atoms with Crippen molar-refractivity contribution in [3.05, 3.63) is 42.0 Å². The Hall–Kier alpha value is -2.90. The average Bonchev–Trinajstić information content (AvgIpc) is 3.05. The standard InChI is InChI=1S/C19H21F2N5O.H2/c1-5-26(4)18(27)19(2,3)7-15-14(21)10-24-17(25-15)13-9-23-16-12(13)6-11(20)8-22-16;/h6,8-10H,5,7H2,1-4H3,(H,22,23);1H. The molecule has 3 rings (SSSR count). The number of carbonyl (C=O) groups is 1. The number of hydrogen-bond donors (Lipinski definition) is 1. The molecule has 1 N–H and O–H groups in total. The van der Waals surface area contributed by atoms with Gasteiger partial charge in [-0.1, -0.05) is 13.8 Å². The third-order valence-electron chi connectivity index (χ3n) is 4.56. The van der Waals surface area contributed by atoms with Crippen LogP contribution in [-0.4, -0.2) is 44.3 Å². The van der Waals surface area contributed by atoms with Gasteiger partial charge in [-0.3, -0.25) is 4.79 Å². The predicted octanol–water partition coefficient (Wildman–Crippen LogP) is 3.59. The first-order valence-electron chi connectivity index (χ1n) is 8.63.